The van der Waals surface area contributed by atoms with Gasteiger partial charge in [0.2, 0.25) is 5.95 Å². The molecule has 0 fully saturated rings. The van der Waals surface area contributed by atoms with Gasteiger partial charge in [0.25, 0.3) is 0 Å². The second-order valence-corrected chi connectivity index (χ2v) is 2.79. The highest BCUT2D eigenvalue weighted by molar-refractivity contribution is 7.98. The Hall–Kier alpha value is -0.810. The highest BCUT2D eigenvalue weighted by atomic mass is 32.2. The SMILES string of the molecule is CSc1cc(CN)nc(N)n1. The molecule has 0 aliphatic rings. The molecule has 0 amide bonds. The van der Waals surface area contributed by atoms with Crippen molar-refractivity contribution in [3.63, 3.8) is 0 Å². The number of aromatic nitrogens is 2. The highest BCUT2D eigenvalue weighted by Crippen LogP contribution is 2.12. The molecule has 0 atom stereocenters. The Labute approximate surface area is 69.4 Å². The molecule has 0 radical (unpaired) electrons. The first-order valence-corrected chi connectivity index (χ1v) is 4.36. The summed E-state index contributed by atoms with van der Waals surface area (Å²) in [5, 5.41) is 0.859. The normalized spacial score (nSPS) is 10.0. The molecule has 1 heterocycles. The third-order valence-corrected chi connectivity index (χ3v) is 1.82. The summed E-state index contributed by atoms with van der Waals surface area (Å²) in [7, 11) is 0. The highest BCUT2D eigenvalue weighted by Gasteiger charge is 1.98. The lowest BCUT2D eigenvalue weighted by Crippen LogP contribution is -2.04. The molecule has 0 aromatic carbocycles. The molecule has 0 aliphatic heterocycles. The monoisotopic (exact) mass is 170 g/mol. The van der Waals surface area contributed by atoms with Crippen LogP contribution in [0.1, 0.15) is 5.69 Å². The van der Waals surface area contributed by atoms with Crippen LogP contribution in [-0.4, -0.2) is 16.2 Å². The van der Waals surface area contributed by atoms with Crippen LogP contribution in [0.4, 0.5) is 5.95 Å². The molecule has 0 aliphatic carbocycles. The van der Waals surface area contributed by atoms with E-state index < -0.39 is 0 Å². The van der Waals surface area contributed by atoms with Crippen LogP contribution in [0.15, 0.2) is 11.1 Å². The van der Waals surface area contributed by atoms with Gasteiger partial charge in [0.05, 0.1) is 5.69 Å². The van der Waals surface area contributed by atoms with Crippen molar-refractivity contribution in [3.05, 3.63) is 11.8 Å². The Morgan fingerprint density at radius 2 is 2.27 bits per heavy atom. The molecule has 5 heteroatoms. The van der Waals surface area contributed by atoms with E-state index in [1.165, 1.54) is 11.8 Å². The van der Waals surface area contributed by atoms with Crippen LogP contribution >= 0.6 is 11.8 Å². The van der Waals surface area contributed by atoms with Crippen molar-refractivity contribution in [2.45, 2.75) is 11.6 Å². The van der Waals surface area contributed by atoms with Gasteiger partial charge in [-0.1, -0.05) is 0 Å². The predicted molar refractivity (Wildman–Crippen MR) is 46.1 cm³/mol. The molecule has 4 nitrogen and oxygen atoms in total. The lowest BCUT2D eigenvalue weighted by molar-refractivity contribution is 0.935. The third-order valence-electron chi connectivity index (χ3n) is 1.19. The molecule has 60 valence electrons. The van der Waals surface area contributed by atoms with Crippen molar-refractivity contribution in [2.24, 2.45) is 5.73 Å². The minimum absolute atomic E-state index is 0.289. The molecule has 4 N–H and O–H groups in total. The summed E-state index contributed by atoms with van der Waals surface area (Å²) >= 11 is 1.53. The fourth-order valence-electron chi connectivity index (χ4n) is 0.701. The number of nitrogen functional groups attached to an aromatic ring is 1. The van der Waals surface area contributed by atoms with Crippen LogP contribution in [0.2, 0.25) is 0 Å². The summed E-state index contributed by atoms with van der Waals surface area (Å²) in [5.41, 5.74) is 11.6. The third kappa shape index (κ3) is 2.06. The van der Waals surface area contributed by atoms with Crippen molar-refractivity contribution in [1.82, 2.24) is 9.97 Å². The molecule has 0 bridgehead atoms. The van der Waals surface area contributed by atoms with E-state index in [-0.39, 0.29) is 5.95 Å². The Kier molecular flexibility index (Phi) is 2.67. The van der Waals surface area contributed by atoms with Crippen LogP contribution in [-0.2, 0) is 6.54 Å². The van der Waals surface area contributed by atoms with Gasteiger partial charge in [-0.2, -0.15) is 0 Å². The zero-order chi connectivity index (χ0) is 8.27. The van der Waals surface area contributed by atoms with Crippen molar-refractivity contribution >= 4 is 17.7 Å². The van der Waals surface area contributed by atoms with E-state index in [1.807, 2.05) is 12.3 Å². The average molecular weight is 170 g/mol. The van der Waals surface area contributed by atoms with Gasteiger partial charge in [-0.3, -0.25) is 0 Å². The number of rotatable bonds is 2. The second-order valence-electron chi connectivity index (χ2n) is 1.96. The van der Waals surface area contributed by atoms with E-state index in [0.717, 1.165) is 10.7 Å². The van der Waals surface area contributed by atoms with Crippen LogP contribution < -0.4 is 11.5 Å². The van der Waals surface area contributed by atoms with E-state index in [4.69, 9.17) is 11.5 Å². The predicted octanol–water partition coefficient (Wildman–Crippen LogP) is 0.239. The minimum Gasteiger partial charge on any atom is -0.368 e. The molecular weight excluding hydrogens is 160 g/mol. The Morgan fingerprint density at radius 1 is 1.55 bits per heavy atom. The molecule has 1 aromatic heterocycles. The van der Waals surface area contributed by atoms with Gasteiger partial charge in [0.15, 0.2) is 0 Å². The Morgan fingerprint density at radius 3 is 2.82 bits per heavy atom. The van der Waals surface area contributed by atoms with Crippen LogP contribution in [0.25, 0.3) is 0 Å². The Bertz CT molecular complexity index is 228. The van der Waals surface area contributed by atoms with Gasteiger partial charge in [-0.15, -0.1) is 11.8 Å². The van der Waals surface area contributed by atoms with Gasteiger partial charge in [-0.25, -0.2) is 9.97 Å². The largest absolute Gasteiger partial charge is 0.368 e. The van der Waals surface area contributed by atoms with E-state index in [0.29, 0.717) is 6.54 Å². The summed E-state index contributed by atoms with van der Waals surface area (Å²) in [5.74, 6) is 0.289. The van der Waals surface area contributed by atoms with Crippen molar-refractivity contribution in [1.29, 1.82) is 0 Å². The first-order chi connectivity index (χ1) is 5.26. The number of nitrogens with two attached hydrogens (primary N) is 2. The lowest BCUT2D eigenvalue weighted by atomic mass is 10.4. The van der Waals surface area contributed by atoms with Gasteiger partial charge in [-0.05, 0) is 12.3 Å². The fraction of sp³-hybridized carbons (Fsp3) is 0.333. The molecule has 1 aromatic rings. The Balaban J connectivity index is 3.02. The molecule has 0 saturated heterocycles. The zero-order valence-corrected chi connectivity index (χ0v) is 7.06. The maximum absolute atomic E-state index is 5.42. The van der Waals surface area contributed by atoms with Crippen LogP contribution in [0.5, 0.6) is 0 Å². The van der Waals surface area contributed by atoms with Crippen molar-refractivity contribution in [3.8, 4) is 0 Å². The van der Waals surface area contributed by atoms with Crippen LogP contribution in [0.3, 0.4) is 0 Å². The second kappa shape index (κ2) is 3.54. The quantitative estimate of drug-likeness (QED) is 0.491. The van der Waals surface area contributed by atoms with Crippen molar-refractivity contribution < 1.29 is 0 Å². The van der Waals surface area contributed by atoms with E-state index >= 15 is 0 Å². The first-order valence-electron chi connectivity index (χ1n) is 3.13. The maximum Gasteiger partial charge on any atom is 0.221 e. The van der Waals surface area contributed by atoms with Gasteiger partial charge < -0.3 is 11.5 Å². The van der Waals surface area contributed by atoms with E-state index in [2.05, 4.69) is 9.97 Å². The first kappa shape index (κ1) is 8.29. The van der Waals surface area contributed by atoms with Crippen molar-refractivity contribution in [2.75, 3.05) is 12.0 Å². The standard InChI is InChI=1S/C6H10N4S/c1-11-5-2-4(3-7)9-6(8)10-5/h2H,3,7H2,1H3,(H2,8,9,10). The van der Waals surface area contributed by atoms with Gasteiger partial charge >= 0.3 is 0 Å². The van der Waals surface area contributed by atoms with E-state index in [9.17, 15) is 0 Å². The lowest BCUT2D eigenvalue weighted by Gasteiger charge is -2.00. The van der Waals surface area contributed by atoms with E-state index in [1.54, 1.807) is 0 Å². The topological polar surface area (TPSA) is 77.8 Å². The molecule has 0 spiro atoms. The summed E-state index contributed by atoms with van der Waals surface area (Å²) in [6.07, 6.45) is 1.93. The number of hydrogen-bond acceptors (Lipinski definition) is 5. The summed E-state index contributed by atoms with van der Waals surface area (Å²) in [4.78, 5) is 7.90. The number of nitrogens with zero attached hydrogens (tertiary/aromatic N) is 2. The molecular formula is C6H10N4S. The maximum atomic E-state index is 5.42. The molecule has 1 rings (SSSR count). The number of anilines is 1. The summed E-state index contributed by atoms with van der Waals surface area (Å²) < 4.78 is 0. The molecule has 11 heavy (non-hydrogen) atoms. The van der Waals surface area contributed by atoms with Gasteiger partial charge in [0.1, 0.15) is 5.03 Å². The zero-order valence-electron chi connectivity index (χ0n) is 6.24. The number of thioether (sulfide) groups is 1. The molecule has 0 saturated carbocycles. The number of hydrogen-bond donors (Lipinski definition) is 2. The average Bonchev–Trinajstić information content (AvgIpc) is 2.03. The smallest absolute Gasteiger partial charge is 0.221 e. The van der Waals surface area contributed by atoms with Gasteiger partial charge in [0, 0.05) is 6.54 Å². The minimum atomic E-state index is 0.289. The summed E-state index contributed by atoms with van der Waals surface area (Å²) in [6, 6.07) is 1.83. The van der Waals surface area contributed by atoms with Crippen LogP contribution in [0, 0.1) is 0 Å². The molecule has 0 unspecified atom stereocenters. The summed E-state index contributed by atoms with van der Waals surface area (Å²) in [6.45, 7) is 0.403. The fourth-order valence-corrected chi connectivity index (χ4v) is 1.14.